The molecule has 2 N–H and O–H groups in total. The number of rotatable bonds is 14. The van der Waals surface area contributed by atoms with Crippen molar-refractivity contribution in [1.82, 2.24) is 29.9 Å². The zero-order chi connectivity index (χ0) is 105. The lowest BCUT2D eigenvalue weighted by Crippen LogP contribution is -2.06. The highest BCUT2D eigenvalue weighted by Crippen LogP contribution is 2.54. The summed E-state index contributed by atoms with van der Waals surface area (Å²) in [6.45, 7) is 21.8. The third kappa shape index (κ3) is 15.8. The summed E-state index contributed by atoms with van der Waals surface area (Å²) >= 11 is 0. The van der Waals surface area contributed by atoms with Crippen molar-refractivity contribution in [2.75, 3.05) is 0 Å². The fraction of sp³-hybridized carbons (Fsp3) is 0.102. The van der Waals surface area contributed by atoms with Crippen LogP contribution < -0.4 is 18.9 Å². The minimum absolute atomic E-state index is 0.00955. The van der Waals surface area contributed by atoms with E-state index in [0.29, 0.717) is 67.5 Å². The van der Waals surface area contributed by atoms with Crippen LogP contribution in [0.1, 0.15) is 112 Å². The van der Waals surface area contributed by atoms with Crippen molar-refractivity contribution in [1.29, 1.82) is 0 Å². The predicted molar refractivity (Wildman–Crippen MR) is 532 cm³/mol. The second-order valence-electron chi connectivity index (χ2n) is 36.7. The lowest BCUT2D eigenvalue weighted by atomic mass is 9.90. The van der Waals surface area contributed by atoms with Crippen LogP contribution in [0.5, 0.6) is 46.0 Å². The van der Waals surface area contributed by atoms with Gasteiger partial charge in [0, 0.05) is 88.1 Å². The minimum atomic E-state index is -2.69. The van der Waals surface area contributed by atoms with Gasteiger partial charge in [-0.1, -0.05) is 119 Å². The summed E-state index contributed by atoms with van der Waals surface area (Å²) in [5.74, 6) is -49.7. The van der Waals surface area contributed by atoms with Gasteiger partial charge in [0.05, 0.1) is 67.8 Å². The molecule has 30 heteroatoms. The molecule has 10 nitrogen and oxygen atoms in total. The molecule has 0 radical (unpaired) electrons. The fourth-order valence-electron chi connectivity index (χ4n) is 20.5. The standard InChI is InChI=1S/C118H72F20N6O4/c1-47-37-51(5)115(52(6)38-47)145-79-21-13-17-59-63(79)45-64-60(18-14-22-80(64)146-116-53(7)39-48(2)40-54(116)8)83(59)85-67-25-29-71(139-67)87(91-95(119)103(127)111(135)104(128)96(91)120)75-33-35-77(143-75)89(93-99(123)107(131)113(137)108(132)100(93)124)73-31-27-69(141-73)86(84-61-19-15-23-81(147-117-55(9)41-49(3)42-56(117)10)65(61)46-66-62(84)20-16-24-82(66)148-118-57(11)43-50(4)44-58(118)12)70-28-32-74(142-70)90(94-101(125)109(133)114(138)110(134)102(94)126)78-36-34-76(144-78)88(72-30-26-68(85)140-72)92-97(121)105(129)112(136)106(130)98(92)122/h13-46,139,142H,1-12H3. The van der Waals surface area contributed by atoms with E-state index in [1.165, 1.54) is 0 Å². The second kappa shape index (κ2) is 36.5. The van der Waals surface area contributed by atoms with Gasteiger partial charge >= 0.3 is 0 Å². The van der Waals surface area contributed by atoms with Crippen molar-refractivity contribution in [3.63, 3.8) is 0 Å². The van der Waals surface area contributed by atoms with Crippen LogP contribution in [-0.4, -0.2) is 29.9 Å². The number of halogens is 20. The second-order valence-corrected chi connectivity index (χ2v) is 36.7. The molecule has 7 heterocycles. The third-order valence-corrected chi connectivity index (χ3v) is 26.6. The smallest absolute Gasteiger partial charge is 0.200 e. The summed E-state index contributed by atoms with van der Waals surface area (Å²) < 4.78 is 367. The number of aryl methyl sites for hydroxylation is 12. The number of fused-ring (bicyclic) bond motifs is 16. The van der Waals surface area contributed by atoms with Crippen molar-refractivity contribution in [3.05, 3.63) is 386 Å². The maximum Gasteiger partial charge on any atom is 0.200 e. The number of nitrogens with zero attached hydrogens (tertiary/aromatic N) is 4. The maximum absolute atomic E-state index is 17.8. The third-order valence-electron chi connectivity index (χ3n) is 26.6. The molecule has 17 aromatic rings. The van der Waals surface area contributed by atoms with E-state index in [1.54, 1.807) is 140 Å². The van der Waals surface area contributed by atoms with E-state index >= 15 is 87.8 Å². The first kappa shape index (κ1) is 96.9. The number of hydrogen-bond acceptors (Lipinski definition) is 8. The molecule has 0 amide bonds. The van der Waals surface area contributed by atoms with E-state index in [9.17, 15) is 0 Å². The number of aromatic nitrogens is 6. The Bertz CT molecular complexity index is 8430. The Morgan fingerprint density at radius 1 is 0.169 bits per heavy atom. The zero-order valence-corrected chi connectivity index (χ0v) is 79.6. The lowest BCUT2D eigenvalue weighted by molar-refractivity contribution is 0.381. The fourth-order valence-corrected chi connectivity index (χ4v) is 20.5. The molecular formula is C118H72F20N6O4. The largest absolute Gasteiger partial charge is 0.456 e. The summed E-state index contributed by atoms with van der Waals surface area (Å²) in [5, 5.41) is 1.56. The van der Waals surface area contributed by atoms with Gasteiger partial charge in [0.1, 0.15) is 46.0 Å². The van der Waals surface area contributed by atoms with E-state index in [4.69, 9.17) is 28.9 Å². The van der Waals surface area contributed by atoms with E-state index in [-0.39, 0.29) is 99.4 Å². The highest BCUT2D eigenvalue weighted by Gasteiger charge is 2.39. The van der Waals surface area contributed by atoms with Crippen LogP contribution in [0.2, 0.25) is 0 Å². The molecule has 14 aromatic carbocycles. The molecule has 148 heavy (non-hydrogen) atoms. The van der Waals surface area contributed by atoms with Gasteiger partial charge in [-0.3, -0.25) is 0 Å². The van der Waals surface area contributed by atoms with E-state index in [2.05, 4.69) is 19.9 Å². The van der Waals surface area contributed by atoms with E-state index in [0.717, 1.165) is 95.1 Å². The van der Waals surface area contributed by atoms with Gasteiger partial charge in [-0.25, -0.2) is 108 Å². The van der Waals surface area contributed by atoms with Gasteiger partial charge in [0.2, 0.25) is 23.3 Å². The summed E-state index contributed by atoms with van der Waals surface area (Å²) in [7, 11) is 0. The Kier molecular flexibility index (Phi) is 23.9. The van der Waals surface area contributed by atoms with Crippen LogP contribution in [0.15, 0.2) is 158 Å². The summed E-state index contributed by atoms with van der Waals surface area (Å²) in [5.41, 5.74) is -12.1. The summed E-state index contributed by atoms with van der Waals surface area (Å²) in [4.78, 5) is 25.3. The Balaban J connectivity index is 0.993. The molecule has 4 aliphatic heterocycles. The first-order chi connectivity index (χ1) is 70.6. The van der Waals surface area contributed by atoms with Gasteiger partial charge in [-0.05, 0) is 258 Å². The molecule has 738 valence electrons. The molecule has 0 unspecified atom stereocenters. The molecule has 0 aliphatic carbocycles. The van der Waals surface area contributed by atoms with Crippen LogP contribution in [-0.2, 0) is 0 Å². The molecule has 3 aromatic heterocycles. The molecule has 0 saturated heterocycles. The molecular weight excluding hydrogens is 1950 g/mol. The van der Waals surface area contributed by atoms with Crippen LogP contribution in [0.3, 0.4) is 0 Å². The molecule has 0 saturated carbocycles. The monoisotopic (exact) mass is 2020 g/mol. The van der Waals surface area contributed by atoms with Gasteiger partial charge in [-0.15, -0.1) is 0 Å². The van der Waals surface area contributed by atoms with Crippen molar-refractivity contribution >= 4 is 114 Å². The summed E-state index contributed by atoms with van der Waals surface area (Å²) in [6.07, 6.45) is 7.50. The Hall–Kier alpha value is -17.2. The number of aromatic amines is 2. The number of H-pyrrole nitrogens is 2. The minimum Gasteiger partial charge on any atom is -0.456 e. The first-order valence-electron chi connectivity index (χ1n) is 45.9. The van der Waals surface area contributed by atoms with Crippen molar-refractivity contribution in [2.24, 2.45) is 0 Å². The van der Waals surface area contributed by atoms with Gasteiger partial charge < -0.3 is 28.9 Å². The molecule has 0 fully saturated rings. The quantitative estimate of drug-likeness (QED) is 0.0478. The molecule has 0 spiro atoms. The number of ether oxygens (including phenoxy) is 4. The SMILES string of the molecule is Cc1cc(C)c(Oc2cccc3c(-c4c5nc(c(-c6c(F)c(F)c(F)c(F)c6F)c6nc(c(-c7c(F)c(F)c(F)c(F)c7F)c7ccc([nH]7)c(-c7c8cccc(Oc9c(C)cc(C)cc9C)c8cc8c(Oc9c(C)cc(C)cc9C)cccc78)c7nc(c(-c8c(F)c(F)c(F)c(F)c8F)c8nc(c(-c9c(F)c(F)c(F)c(F)c9F)c9ccc4[nH]9)C=C8)C=C7)C=C6)C=C5)c4cccc(Oc5c(C)cc(C)cc5C)c4cc23)c(C)c1. The maximum atomic E-state index is 17.8. The lowest BCUT2D eigenvalue weighted by Gasteiger charge is -2.20. The molecule has 0 atom stereocenters. The highest BCUT2D eigenvalue weighted by molar-refractivity contribution is 6.21. The van der Waals surface area contributed by atoms with Crippen LogP contribution in [0.4, 0.5) is 87.8 Å². The van der Waals surface area contributed by atoms with E-state index in [1.807, 2.05) is 76.2 Å². The van der Waals surface area contributed by atoms with Crippen LogP contribution in [0.25, 0.3) is 181 Å². The Labute approximate surface area is 828 Å². The van der Waals surface area contributed by atoms with Crippen LogP contribution in [0, 0.1) is 199 Å². The first-order valence-corrected chi connectivity index (χ1v) is 45.9. The molecule has 12 bridgehead atoms. The zero-order valence-electron chi connectivity index (χ0n) is 79.6. The van der Waals surface area contributed by atoms with Gasteiger partial charge in [0.15, 0.2) is 93.1 Å². The normalized spacial score (nSPS) is 12.2. The molecule has 4 aliphatic rings. The number of nitrogens with one attached hydrogen (secondary N) is 2. The average Bonchev–Trinajstić information content (AvgIpc) is 1.03. The van der Waals surface area contributed by atoms with Gasteiger partial charge in [0.25, 0.3) is 0 Å². The Morgan fingerprint density at radius 2 is 0.331 bits per heavy atom. The summed E-state index contributed by atoms with van der Waals surface area (Å²) in [6, 6.07) is 41.7. The number of hydrogen-bond donors (Lipinski definition) is 2. The topological polar surface area (TPSA) is 120 Å². The average molecular weight is 2020 g/mol. The van der Waals surface area contributed by atoms with Crippen molar-refractivity contribution < 1.29 is 107 Å². The number of benzene rings is 14. The predicted octanol–water partition coefficient (Wildman–Crippen LogP) is 34.9. The van der Waals surface area contributed by atoms with Crippen molar-refractivity contribution in [2.45, 2.75) is 83.1 Å². The van der Waals surface area contributed by atoms with Crippen LogP contribution >= 0.6 is 0 Å². The highest BCUT2D eigenvalue weighted by atomic mass is 19.2. The van der Waals surface area contributed by atoms with Gasteiger partial charge in [-0.2, -0.15) is 0 Å². The van der Waals surface area contributed by atoms with E-state index < -0.39 is 217 Å². The molecule has 21 rings (SSSR count). The Morgan fingerprint density at radius 3 is 0.520 bits per heavy atom. The van der Waals surface area contributed by atoms with Crippen molar-refractivity contribution in [3.8, 4) is 113 Å².